The predicted octanol–water partition coefficient (Wildman–Crippen LogP) is 2.50. The van der Waals surface area contributed by atoms with Gasteiger partial charge in [-0.05, 0) is 62.1 Å². The molecule has 7 nitrogen and oxygen atoms in total. The number of fused-ring (bicyclic) bond motifs is 5. The smallest absolute Gasteiger partial charge is 0.244 e. The summed E-state index contributed by atoms with van der Waals surface area (Å²) in [6.45, 7) is 7.79. The Morgan fingerprint density at radius 2 is 1.97 bits per heavy atom. The molecule has 1 spiro atoms. The van der Waals surface area contributed by atoms with Crippen LogP contribution in [0.25, 0.3) is 0 Å². The molecule has 2 aromatic carbocycles. The van der Waals surface area contributed by atoms with Crippen LogP contribution in [0.3, 0.4) is 0 Å². The number of aliphatic imine (C=N–C) groups is 1. The van der Waals surface area contributed by atoms with Crippen LogP contribution in [0.2, 0.25) is 0 Å². The number of nitrogens with two attached hydrogens (primary N) is 1. The molecule has 0 aromatic heterocycles. The van der Waals surface area contributed by atoms with Gasteiger partial charge in [0.05, 0.1) is 6.54 Å². The van der Waals surface area contributed by atoms with Crippen molar-refractivity contribution in [1.82, 2.24) is 4.90 Å². The molecule has 1 saturated heterocycles. The Labute approximate surface area is 187 Å². The van der Waals surface area contributed by atoms with Gasteiger partial charge in [0.1, 0.15) is 11.3 Å². The van der Waals surface area contributed by atoms with E-state index in [0.29, 0.717) is 35.8 Å². The SMILES string of the molecule is CC(C)N1CCC(CN2C(=O)C3(CN=C(N)c4cc5c(cc43)OCO5)c3ccccc32)C1. The van der Waals surface area contributed by atoms with Crippen molar-refractivity contribution in [1.29, 1.82) is 0 Å². The van der Waals surface area contributed by atoms with Crippen molar-refractivity contribution in [2.45, 2.75) is 31.7 Å². The predicted molar refractivity (Wildman–Crippen MR) is 123 cm³/mol. The zero-order valence-corrected chi connectivity index (χ0v) is 18.5. The topological polar surface area (TPSA) is 80.4 Å². The number of ether oxygens (including phenoxy) is 2. The molecule has 4 heterocycles. The van der Waals surface area contributed by atoms with Crippen LogP contribution in [0, 0.1) is 5.92 Å². The van der Waals surface area contributed by atoms with Crippen molar-refractivity contribution in [2.24, 2.45) is 16.6 Å². The highest BCUT2D eigenvalue weighted by Gasteiger charge is 2.55. The lowest BCUT2D eigenvalue weighted by Crippen LogP contribution is -2.48. The minimum atomic E-state index is -0.883. The Balaban J connectivity index is 1.44. The van der Waals surface area contributed by atoms with Crippen LogP contribution in [-0.4, -0.2) is 55.7 Å². The van der Waals surface area contributed by atoms with Gasteiger partial charge in [-0.2, -0.15) is 0 Å². The van der Waals surface area contributed by atoms with Crippen molar-refractivity contribution < 1.29 is 14.3 Å². The number of hydrogen-bond acceptors (Lipinski definition) is 6. The highest BCUT2D eigenvalue weighted by molar-refractivity contribution is 6.14. The van der Waals surface area contributed by atoms with Gasteiger partial charge in [0, 0.05) is 30.4 Å². The van der Waals surface area contributed by atoms with Gasteiger partial charge in [-0.3, -0.25) is 9.79 Å². The van der Waals surface area contributed by atoms with Gasteiger partial charge in [0.25, 0.3) is 0 Å². The third-order valence-electron chi connectivity index (χ3n) is 7.49. The molecule has 2 atom stereocenters. The van der Waals surface area contributed by atoms with E-state index in [-0.39, 0.29) is 12.7 Å². The molecule has 0 aliphatic carbocycles. The van der Waals surface area contributed by atoms with Crippen molar-refractivity contribution in [3.8, 4) is 11.5 Å². The first-order valence-corrected chi connectivity index (χ1v) is 11.4. The monoisotopic (exact) mass is 432 g/mol. The van der Waals surface area contributed by atoms with E-state index in [4.69, 9.17) is 15.2 Å². The molecule has 2 unspecified atom stereocenters. The Morgan fingerprint density at radius 1 is 1.19 bits per heavy atom. The van der Waals surface area contributed by atoms with Crippen LogP contribution in [-0.2, 0) is 10.2 Å². The number of anilines is 1. The fourth-order valence-electron chi connectivity index (χ4n) is 5.74. The molecule has 0 radical (unpaired) electrons. The first-order valence-electron chi connectivity index (χ1n) is 11.4. The molecule has 1 fully saturated rings. The van der Waals surface area contributed by atoms with Crippen LogP contribution >= 0.6 is 0 Å². The maximum absolute atomic E-state index is 14.2. The van der Waals surface area contributed by atoms with Crippen molar-refractivity contribution in [3.05, 3.63) is 53.1 Å². The summed E-state index contributed by atoms with van der Waals surface area (Å²) < 4.78 is 11.2. The largest absolute Gasteiger partial charge is 0.454 e. The summed E-state index contributed by atoms with van der Waals surface area (Å²) >= 11 is 0. The molecule has 0 saturated carbocycles. The van der Waals surface area contributed by atoms with E-state index < -0.39 is 5.41 Å². The van der Waals surface area contributed by atoms with Crippen molar-refractivity contribution in [3.63, 3.8) is 0 Å². The Bertz CT molecular complexity index is 1140. The summed E-state index contributed by atoms with van der Waals surface area (Å²) in [5.41, 5.74) is 9.02. The van der Waals surface area contributed by atoms with Gasteiger partial charge in [-0.15, -0.1) is 0 Å². The van der Waals surface area contributed by atoms with Gasteiger partial charge in [0.2, 0.25) is 12.7 Å². The number of hydrogen-bond donors (Lipinski definition) is 1. The Hall–Kier alpha value is -3.06. The highest BCUT2D eigenvalue weighted by Crippen LogP contribution is 2.51. The van der Waals surface area contributed by atoms with Gasteiger partial charge in [-0.1, -0.05) is 18.2 Å². The summed E-state index contributed by atoms with van der Waals surface area (Å²) in [5, 5.41) is 0. The average molecular weight is 433 g/mol. The molecule has 7 heteroatoms. The number of likely N-dealkylation sites (tertiary alicyclic amines) is 1. The van der Waals surface area contributed by atoms with E-state index in [2.05, 4.69) is 35.9 Å². The van der Waals surface area contributed by atoms with E-state index in [9.17, 15) is 4.79 Å². The Morgan fingerprint density at radius 3 is 2.75 bits per heavy atom. The number of nitrogens with zero attached hydrogens (tertiary/aromatic N) is 3. The summed E-state index contributed by atoms with van der Waals surface area (Å²) in [4.78, 5) is 23.4. The lowest BCUT2D eigenvalue weighted by atomic mass is 9.71. The fraction of sp³-hybridized carbons (Fsp3) is 0.440. The lowest BCUT2D eigenvalue weighted by Gasteiger charge is -2.33. The quantitative estimate of drug-likeness (QED) is 0.806. The second-order valence-electron chi connectivity index (χ2n) is 9.53. The molecule has 4 aliphatic heterocycles. The summed E-state index contributed by atoms with van der Waals surface area (Å²) in [7, 11) is 0. The lowest BCUT2D eigenvalue weighted by molar-refractivity contribution is -0.121. The number of carbonyl (C=O) groups excluding carboxylic acids is 1. The first-order chi connectivity index (χ1) is 15.5. The number of rotatable bonds is 3. The van der Waals surface area contributed by atoms with E-state index in [0.717, 1.165) is 48.4 Å². The maximum Gasteiger partial charge on any atom is 0.244 e. The number of amidine groups is 1. The molecular weight excluding hydrogens is 404 g/mol. The molecule has 2 aromatic rings. The standard InChI is InChI=1S/C25H28N4O3/c1-15(2)28-8-7-16(11-28)12-29-20-6-4-3-5-18(20)25(24(29)30)13-27-23(26)17-9-21-22(10-19(17)25)32-14-31-21/h3-6,9-10,15-16H,7-8,11-14H2,1-2H3,(H2,26,27). The van der Waals surface area contributed by atoms with Crippen molar-refractivity contribution >= 4 is 17.4 Å². The van der Waals surface area contributed by atoms with Gasteiger partial charge in [-0.25, -0.2) is 0 Å². The van der Waals surface area contributed by atoms with Gasteiger partial charge >= 0.3 is 0 Å². The van der Waals surface area contributed by atoms with Crippen LogP contribution in [0.15, 0.2) is 41.4 Å². The van der Waals surface area contributed by atoms with Crippen molar-refractivity contribution in [2.75, 3.05) is 37.9 Å². The maximum atomic E-state index is 14.2. The summed E-state index contributed by atoms with van der Waals surface area (Å²) in [6, 6.07) is 12.5. The zero-order chi connectivity index (χ0) is 22.0. The zero-order valence-electron chi connectivity index (χ0n) is 18.5. The average Bonchev–Trinajstić information content (AvgIpc) is 3.50. The molecule has 166 valence electrons. The third kappa shape index (κ3) is 2.64. The minimum Gasteiger partial charge on any atom is -0.454 e. The minimum absolute atomic E-state index is 0.0815. The van der Waals surface area contributed by atoms with Crippen LogP contribution in [0.5, 0.6) is 11.5 Å². The fourth-order valence-corrected chi connectivity index (χ4v) is 5.74. The summed E-state index contributed by atoms with van der Waals surface area (Å²) in [6.07, 6.45) is 1.11. The second kappa shape index (κ2) is 6.97. The van der Waals surface area contributed by atoms with E-state index in [1.54, 1.807) is 0 Å². The van der Waals surface area contributed by atoms with Crippen LogP contribution in [0.4, 0.5) is 5.69 Å². The van der Waals surface area contributed by atoms with Crippen LogP contribution < -0.4 is 20.1 Å². The molecule has 2 N–H and O–H groups in total. The summed E-state index contributed by atoms with van der Waals surface area (Å²) in [5.74, 6) is 2.28. The van der Waals surface area contributed by atoms with E-state index in [1.807, 2.05) is 29.2 Å². The molecule has 4 aliphatic rings. The molecular formula is C25H28N4O3. The number of para-hydroxylation sites is 1. The molecule has 1 amide bonds. The number of carbonyl (C=O) groups is 1. The second-order valence-corrected chi connectivity index (χ2v) is 9.53. The van der Waals surface area contributed by atoms with Crippen LogP contribution in [0.1, 0.15) is 37.0 Å². The van der Waals surface area contributed by atoms with Gasteiger partial charge in [0.15, 0.2) is 11.5 Å². The third-order valence-corrected chi connectivity index (χ3v) is 7.49. The molecule has 0 bridgehead atoms. The Kier molecular flexibility index (Phi) is 4.27. The van der Waals surface area contributed by atoms with Gasteiger partial charge < -0.3 is 25.0 Å². The number of amides is 1. The van der Waals surface area contributed by atoms with E-state index >= 15 is 0 Å². The van der Waals surface area contributed by atoms with E-state index in [1.165, 1.54) is 0 Å². The normalized spacial score (nSPS) is 26.1. The molecule has 6 rings (SSSR count). The highest BCUT2D eigenvalue weighted by atomic mass is 16.7. The number of benzene rings is 2. The molecule has 32 heavy (non-hydrogen) atoms. The first kappa shape index (κ1) is 19.6.